The highest BCUT2D eigenvalue weighted by Gasteiger charge is 2.03. The molecule has 8 heteroatoms. The van der Waals surface area contributed by atoms with Gasteiger partial charge in [-0.25, -0.2) is 0 Å². The van der Waals surface area contributed by atoms with E-state index in [4.69, 9.17) is 9.26 Å². The molecule has 0 amide bonds. The van der Waals surface area contributed by atoms with Gasteiger partial charge in [0.1, 0.15) is 5.75 Å². The average Bonchev–Trinajstić information content (AvgIpc) is 3.11. The molecule has 0 unspecified atom stereocenters. The molecule has 0 fully saturated rings. The number of ether oxygens (including phenoxy) is 1. The third kappa shape index (κ3) is 6.66. The molecule has 0 atom stereocenters. The molecule has 0 saturated heterocycles. The second-order valence-corrected chi connectivity index (χ2v) is 6.12. The summed E-state index contributed by atoms with van der Waals surface area (Å²) in [6, 6.07) is 14.4. The summed E-state index contributed by atoms with van der Waals surface area (Å²) in [5.74, 6) is 2.92. The van der Waals surface area contributed by atoms with Crippen LogP contribution in [0.5, 0.6) is 5.75 Å². The van der Waals surface area contributed by atoms with Crippen LogP contribution < -0.4 is 15.4 Å². The third-order valence-electron chi connectivity index (χ3n) is 4.03. The van der Waals surface area contributed by atoms with Gasteiger partial charge in [-0.1, -0.05) is 35.5 Å². The predicted octanol–water partition coefficient (Wildman–Crippen LogP) is 3.33. The van der Waals surface area contributed by atoms with Crippen molar-refractivity contribution in [3.05, 3.63) is 54.2 Å². The maximum Gasteiger partial charge on any atom is 0.228 e. The molecular formula is C20H26IN5O2. The lowest BCUT2D eigenvalue weighted by molar-refractivity contribution is 0.311. The molecule has 28 heavy (non-hydrogen) atoms. The van der Waals surface area contributed by atoms with Crippen LogP contribution >= 0.6 is 24.0 Å². The number of guanidine groups is 1. The minimum absolute atomic E-state index is 0. The first-order chi connectivity index (χ1) is 13.2. The van der Waals surface area contributed by atoms with Crippen molar-refractivity contribution in [3.63, 3.8) is 0 Å². The van der Waals surface area contributed by atoms with E-state index in [1.165, 1.54) is 10.8 Å². The number of benzene rings is 2. The Labute approximate surface area is 182 Å². The van der Waals surface area contributed by atoms with Gasteiger partial charge >= 0.3 is 0 Å². The van der Waals surface area contributed by atoms with Gasteiger partial charge in [0.2, 0.25) is 5.89 Å². The standard InChI is InChI=1S/C20H25N5O2.HI/c1-15-24-19(27-25-15)10-12-23-20(21-2)22-11-5-13-26-18-9-8-16-6-3-4-7-17(16)14-18;/h3-4,6-9,14H,5,10-13H2,1-2H3,(H2,21,22,23);1H. The number of hydrogen-bond acceptors (Lipinski definition) is 5. The van der Waals surface area contributed by atoms with Gasteiger partial charge in [0, 0.05) is 26.6 Å². The van der Waals surface area contributed by atoms with Crippen molar-refractivity contribution in [3.8, 4) is 5.75 Å². The molecule has 0 aliphatic heterocycles. The van der Waals surface area contributed by atoms with Gasteiger partial charge in [-0.05, 0) is 36.2 Å². The lowest BCUT2D eigenvalue weighted by Crippen LogP contribution is -2.39. The summed E-state index contributed by atoms with van der Waals surface area (Å²) >= 11 is 0. The Hall–Kier alpha value is -2.36. The zero-order valence-corrected chi connectivity index (χ0v) is 18.5. The highest BCUT2D eigenvalue weighted by molar-refractivity contribution is 14.0. The number of hydrogen-bond donors (Lipinski definition) is 2. The van der Waals surface area contributed by atoms with Crippen LogP contribution in [0.15, 0.2) is 52.0 Å². The minimum atomic E-state index is 0. The number of fused-ring (bicyclic) bond motifs is 1. The lowest BCUT2D eigenvalue weighted by atomic mass is 10.1. The monoisotopic (exact) mass is 495 g/mol. The molecular weight excluding hydrogens is 469 g/mol. The molecule has 1 aromatic heterocycles. The molecule has 2 aromatic carbocycles. The van der Waals surface area contributed by atoms with Gasteiger partial charge in [0.15, 0.2) is 11.8 Å². The summed E-state index contributed by atoms with van der Waals surface area (Å²) in [5, 5.41) is 12.7. The molecule has 0 spiro atoms. The van der Waals surface area contributed by atoms with Crippen molar-refractivity contribution < 1.29 is 9.26 Å². The first kappa shape index (κ1) is 21.9. The van der Waals surface area contributed by atoms with Crippen LogP contribution in [0.1, 0.15) is 18.1 Å². The highest BCUT2D eigenvalue weighted by atomic mass is 127. The molecule has 0 bridgehead atoms. The van der Waals surface area contributed by atoms with Gasteiger partial charge in [-0.2, -0.15) is 4.98 Å². The average molecular weight is 495 g/mol. The van der Waals surface area contributed by atoms with Crippen LogP contribution in [-0.2, 0) is 6.42 Å². The number of aliphatic imine (C=N–C) groups is 1. The zero-order chi connectivity index (χ0) is 18.9. The quantitative estimate of drug-likeness (QED) is 0.216. The van der Waals surface area contributed by atoms with Crippen molar-refractivity contribution in [1.29, 1.82) is 0 Å². The topological polar surface area (TPSA) is 84.6 Å². The highest BCUT2D eigenvalue weighted by Crippen LogP contribution is 2.20. The fourth-order valence-corrected chi connectivity index (χ4v) is 2.68. The van der Waals surface area contributed by atoms with E-state index in [0.29, 0.717) is 31.3 Å². The van der Waals surface area contributed by atoms with Crippen LogP contribution in [0.25, 0.3) is 10.8 Å². The van der Waals surface area contributed by atoms with Gasteiger partial charge in [-0.3, -0.25) is 4.99 Å². The van der Waals surface area contributed by atoms with Crippen LogP contribution in [0.2, 0.25) is 0 Å². The van der Waals surface area contributed by atoms with Gasteiger partial charge in [-0.15, -0.1) is 24.0 Å². The summed E-state index contributed by atoms with van der Waals surface area (Å²) in [6.45, 7) is 3.90. The van der Waals surface area contributed by atoms with Crippen molar-refractivity contribution in [2.24, 2.45) is 4.99 Å². The predicted molar refractivity (Wildman–Crippen MR) is 122 cm³/mol. The third-order valence-corrected chi connectivity index (χ3v) is 4.03. The molecule has 7 nitrogen and oxygen atoms in total. The molecule has 0 saturated carbocycles. The van der Waals surface area contributed by atoms with E-state index in [2.05, 4.69) is 50.0 Å². The normalized spacial score (nSPS) is 11.1. The number of aromatic nitrogens is 2. The van der Waals surface area contributed by atoms with Crippen LogP contribution in [0, 0.1) is 6.92 Å². The molecule has 0 aliphatic rings. The summed E-state index contributed by atoms with van der Waals surface area (Å²) < 4.78 is 10.9. The van der Waals surface area contributed by atoms with Gasteiger partial charge < -0.3 is 19.9 Å². The van der Waals surface area contributed by atoms with Crippen molar-refractivity contribution in [2.45, 2.75) is 19.8 Å². The first-order valence-corrected chi connectivity index (χ1v) is 9.10. The van der Waals surface area contributed by atoms with E-state index in [1.54, 1.807) is 14.0 Å². The SMILES string of the molecule is CN=C(NCCCOc1ccc2ccccc2c1)NCCc1nc(C)no1.I. The van der Waals surface area contributed by atoms with Crippen LogP contribution in [-0.4, -0.2) is 42.8 Å². The molecule has 1 heterocycles. The van der Waals surface area contributed by atoms with E-state index in [0.717, 1.165) is 24.7 Å². The second kappa shape index (κ2) is 11.5. The number of halogens is 1. The Kier molecular flexibility index (Phi) is 8.99. The molecule has 2 N–H and O–H groups in total. The van der Waals surface area contributed by atoms with Crippen molar-refractivity contribution in [1.82, 2.24) is 20.8 Å². The Morgan fingerprint density at radius 1 is 1.11 bits per heavy atom. The molecule has 3 aromatic rings. The zero-order valence-electron chi connectivity index (χ0n) is 16.1. The molecule has 0 radical (unpaired) electrons. The van der Waals surface area contributed by atoms with Crippen LogP contribution in [0.4, 0.5) is 0 Å². The van der Waals surface area contributed by atoms with E-state index in [1.807, 2.05) is 18.2 Å². The largest absolute Gasteiger partial charge is 0.494 e. The Bertz CT molecular complexity index is 897. The second-order valence-electron chi connectivity index (χ2n) is 6.12. The smallest absolute Gasteiger partial charge is 0.228 e. The van der Waals surface area contributed by atoms with Crippen molar-refractivity contribution in [2.75, 3.05) is 26.7 Å². The molecule has 3 rings (SSSR count). The number of aryl methyl sites for hydroxylation is 1. The molecule has 150 valence electrons. The summed E-state index contributed by atoms with van der Waals surface area (Å²) in [7, 11) is 1.75. The molecule has 0 aliphatic carbocycles. The first-order valence-electron chi connectivity index (χ1n) is 9.10. The summed E-state index contributed by atoms with van der Waals surface area (Å²) in [4.78, 5) is 8.37. The lowest BCUT2D eigenvalue weighted by Gasteiger charge is -2.11. The number of rotatable bonds is 8. The maximum absolute atomic E-state index is 5.84. The Morgan fingerprint density at radius 3 is 2.64 bits per heavy atom. The minimum Gasteiger partial charge on any atom is -0.494 e. The maximum atomic E-state index is 5.84. The number of nitrogens with zero attached hydrogens (tertiary/aromatic N) is 3. The summed E-state index contributed by atoms with van der Waals surface area (Å²) in [5.41, 5.74) is 0. The fraction of sp³-hybridized carbons (Fsp3) is 0.350. The van der Waals surface area contributed by atoms with Crippen LogP contribution in [0.3, 0.4) is 0 Å². The van der Waals surface area contributed by atoms with Gasteiger partial charge in [0.25, 0.3) is 0 Å². The fourth-order valence-electron chi connectivity index (χ4n) is 2.68. The van der Waals surface area contributed by atoms with E-state index < -0.39 is 0 Å². The Morgan fingerprint density at radius 2 is 1.89 bits per heavy atom. The van der Waals surface area contributed by atoms with E-state index in [9.17, 15) is 0 Å². The van der Waals surface area contributed by atoms with Gasteiger partial charge in [0.05, 0.1) is 6.61 Å². The summed E-state index contributed by atoms with van der Waals surface area (Å²) in [6.07, 6.45) is 1.53. The van der Waals surface area contributed by atoms with Crippen molar-refractivity contribution >= 4 is 40.7 Å². The Balaban J connectivity index is 0.00000280. The van der Waals surface area contributed by atoms with E-state index in [-0.39, 0.29) is 24.0 Å². The van der Waals surface area contributed by atoms with E-state index >= 15 is 0 Å². The number of nitrogens with one attached hydrogen (secondary N) is 2.